The van der Waals surface area contributed by atoms with Gasteiger partial charge in [0.2, 0.25) is 0 Å². The molecule has 0 aliphatic heterocycles. The zero-order valence-corrected chi connectivity index (χ0v) is 23.2. The Morgan fingerprint density at radius 3 is 1.97 bits per heavy atom. The first-order chi connectivity index (χ1) is 15.8. The quantitative estimate of drug-likeness (QED) is 0.310. The molecule has 188 valence electrons. The van der Waals surface area contributed by atoms with Crippen LogP contribution >= 0.6 is 0 Å². The highest BCUT2D eigenvalue weighted by atomic mass is 16.6. The van der Waals surface area contributed by atoms with E-state index in [1.54, 1.807) is 0 Å². The maximum absolute atomic E-state index is 12.3. The Morgan fingerprint density at radius 2 is 1.44 bits per heavy atom. The van der Waals surface area contributed by atoms with Gasteiger partial charge in [-0.2, -0.15) is 0 Å². The van der Waals surface area contributed by atoms with Gasteiger partial charge in [0.1, 0.15) is 5.60 Å². The summed E-state index contributed by atoms with van der Waals surface area (Å²) in [6, 6.07) is 18.2. The number of carbonyl (C=O) groups excluding carboxylic acids is 1. The Labute approximate surface area is 209 Å². The summed E-state index contributed by atoms with van der Waals surface area (Å²) in [4.78, 5) is 12.3. The minimum absolute atomic E-state index is 0.0904. The standard InChI is InChI=1S/C32H48O2/c1-10-32(8,9)22-29(21-25(4)27-17-11-23(2)12-18-27)28-19-15-26(16-20-28)14-13-24(3)30(33)34-31(5,6)7/h11-12,15-20,24-25,29H,10,13-14,21-22H2,1-9H3. The van der Waals surface area contributed by atoms with Crippen molar-refractivity contribution in [2.75, 3.05) is 0 Å². The number of aryl methyl sites for hydroxylation is 2. The molecule has 0 heterocycles. The number of benzene rings is 2. The van der Waals surface area contributed by atoms with Crippen molar-refractivity contribution in [2.24, 2.45) is 11.3 Å². The minimum Gasteiger partial charge on any atom is -0.460 e. The van der Waals surface area contributed by atoms with Crippen molar-refractivity contribution >= 4 is 5.97 Å². The predicted molar refractivity (Wildman–Crippen MR) is 145 cm³/mol. The molecule has 2 heteroatoms. The van der Waals surface area contributed by atoms with Crippen LogP contribution in [-0.2, 0) is 16.0 Å². The van der Waals surface area contributed by atoms with Crippen molar-refractivity contribution in [3.8, 4) is 0 Å². The van der Waals surface area contributed by atoms with Crippen molar-refractivity contribution in [2.45, 2.75) is 112 Å². The number of rotatable bonds is 11. The fourth-order valence-corrected chi connectivity index (χ4v) is 4.47. The minimum atomic E-state index is -0.427. The molecule has 0 radical (unpaired) electrons. The molecule has 0 fully saturated rings. The van der Waals surface area contributed by atoms with E-state index in [4.69, 9.17) is 4.74 Å². The lowest BCUT2D eigenvalue weighted by molar-refractivity contribution is -0.159. The first kappa shape index (κ1) is 28.1. The molecule has 0 spiro atoms. The molecule has 2 aromatic rings. The molecular weight excluding hydrogens is 416 g/mol. The average molecular weight is 465 g/mol. The molecule has 0 N–H and O–H groups in total. The number of hydrogen-bond acceptors (Lipinski definition) is 2. The summed E-state index contributed by atoms with van der Waals surface area (Å²) in [5, 5.41) is 0. The highest BCUT2D eigenvalue weighted by Crippen LogP contribution is 2.40. The highest BCUT2D eigenvalue weighted by Gasteiger charge is 2.25. The second-order valence-electron chi connectivity index (χ2n) is 12.2. The molecule has 3 atom stereocenters. The molecule has 34 heavy (non-hydrogen) atoms. The van der Waals surface area contributed by atoms with Gasteiger partial charge in [-0.25, -0.2) is 0 Å². The Morgan fingerprint density at radius 1 is 0.882 bits per heavy atom. The fraction of sp³-hybridized carbons (Fsp3) is 0.594. The third kappa shape index (κ3) is 9.28. The van der Waals surface area contributed by atoms with Crippen LogP contribution in [0.3, 0.4) is 0 Å². The molecule has 0 amide bonds. The maximum atomic E-state index is 12.3. The highest BCUT2D eigenvalue weighted by molar-refractivity contribution is 5.72. The van der Waals surface area contributed by atoms with Gasteiger partial charge < -0.3 is 4.74 Å². The summed E-state index contributed by atoms with van der Waals surface area (Å²) in [5.74, 6) is 0.858. The number of ether oxygens (including phenoxy) is 1. The second-order valence-corrected chi connectivity index (χ2v) is 12.2. The van der Waals surface area contributed by atoms with Gasteiger partial charge in [0.05, 0.1) is 5.92 Å². The van der Waals surface area contributed by atoms with Crippen LogP contribution < -0.4 is 0 Å². The van der Waals surface area contributed by atoms with Gasteiger partial charge in [-0.15, -0.1) is 0 Å². The van der Waals surface area contributed by atoms with E-state index in [0.29, 0.717) is 17.3 Å². The van der Waals surface area contributed by atoms with Crippen molar-refractivity contribution in [1.29, 1.82) is 0 Å². The molecule has 0 aromatic heterocycles. The van der Waals surface area contributed by atoms with Crippen molar-refractivity contribution in [3.63, 3.8) is 0 Å². The van der Waals surface area contributed by atoms with Crippen LogP contribution in [0.25, 0.3) is 0 Å². The summed E-state index contributed by atoms with van der Waals surface area (Å²) in [5.41, 5.74) is 5.36. The fourth-order valence-electron chi connectivity index (χ4n) is 4.47. The average Bonchev–Trinajstić information content (AvgIpc) is 2.76. The molecule has 2 rings (SSSR count). The molecule has 0 saturated heterocycles. The first-order valence-corrected chi connectivity index (χ1v) is 13.2. The summed E-state index contributed by atoms with van der Waals surface area (Å²) < 4.78 is 5.54. The normalized spacial score (nSPS) is 15.0. The van der Waals surface area contributed by atoms with E-state index in [9.17, 15) is 4.79 Å². The van der Waals surface area contributed by atoms with Gasteiger partial charge in [0.15, 0.2) is 0 Å². The van der Waals surface area contributed by atoms with Crippen LogP contribution in [0, 0.1) is 18.3 Å². The van der Waals surface area contributed by atoms with Gasteiger partial charge in [0.25, 0.3) is 0 Å². The zero-order chi connectivity index (χ0) is 25.5. The van der Waals surface area contributed by atoms with E-state index in [1.807, 2.05) is 27.7 Å². The summed E-state index contributed by atoms with van der Waals surface area (Å²) >= 11 is 0. The smallest absolute Gasteiger partial charge is 0.309 e. The van der Waals surface area contributed by atoms with E-state index in [2.05, 4.69) is 83.1 Å². The molecule has 0 saturated carbocycles. The first-order valence-electron chi connectivity index (χ1n) is 13.2. The van der Waals surface area contributed by atoms with Crippen molar-refractivity contribution in [1.82, 2.24) is 0 Å². The summed E-state index contributed by atoms with van der Waals surface area (Å²) in [7, 11) is 0. The van der Waals surface area contributed by atoms with Gasteiger partial charge in [0, 0.05) is 0 Å². The second kappa shape index (κ2) is 12.0. The Kier molecular flexibility index (Phi) is 9.97. The maximum Gasteiger partial charge on any atom is 0.309 e. The van der Waals surface area contributed by atoms with Crippen LogP contribution in [0.2, 0.25) is 0 Å². The molecule has 0 bridgehead atoms. The molecule has 2 aromatic carbocycles. The van der Waals surface area contributed by atoms with E-state index in [1.165, 1.54) is 35.1 Å². The van der Waals surface area contributed by atoms with Crippen molar-refractivity contribution < 1.29 is 9.53 Å². The van der Waals surface area contributed by atoms with E-state index < -0.39 is 5.60 Å². The lowest BCUT2D eigenvalue weighted by Gasteiger charge is -2.31. The van der Waals surface area contributed by atoms with Crippen LogP contribution in [0.1, 0.15) is 115 Å². The van der Waals surface area contributed by atoms with Gasteiger partial charge in [-0.1, -0.05) is 95.1 Å². The van der Waals surface area contributed by atoms with Crippen LogP contribution in [-0.4, -0.2) is 11.6 Å². The third-order valence-electron chi connectivity index (χ3n) is 7.17. The predicted octanol–water partition coefficient (Wildman–Crippen LogP) is 9.01. The number of esters is 1. The van der Waals surface area contributed by atoms with Gasteiger partial charge in [-0.05, 0) is 87.3 Å². The molecular formula is C32H48O2. The van der Waals surface area contributed by atoms with Gasteiger partial charge in [-0.3, -0.25) is 4.79 Å². The van der Waals surface area contributed by atoms with Gasteiger partial charge >= 0.3 is 5.97 Å². The van der Waals surface area contributed by atoms with Crippen LogP contribution in [0.15, 0.2) is 48.5 Å². The summed E-state index contributed by atoms with van der Waals surface area (Å²) in [6.45, 7) is 19.3. The number of hydrogen-bond donors (Lipinski definition) is 0. The molecule has 0 aliphatic rings. The largest absolute Gasteiger partial charge is 0.460 e. The monoisotopic (exact) mass is 464 g/mol. The number of carbonyl (C=O) groups is 1. The Balaban J connectivity index is 2.09. The molecule has 0 aliphatic carbocycles. The molecule has 2 nitrogen and oxygen atoms in total. The van der Waals surface area contributed by atoms with E-state index in [0.717, 1.165) is 19.3 Å². The zero-order valence-electron chi connectivity index (χ0n) is 23.2. The topological polar surface area (TPSA) is 26.3 Å². The van der Waals surface area contributed by atoms with E-state index >= 15 is 0 Å². The lowest BCUT2D eigenvalue weighted by atomic mass is 9.74. The van der Waals surface area contributed by atoms with Crippen LogP contribution in [0.5, 0.6) is 0 Å². The SMILES string of the molecule is CCC(C)(C)CC(CC(C)c1ccc(C)cc1)c1ccc(CCC(C)C(=O)OC(C)(C)C)cc1. The van der Waals surface area contributed by atoms with E-state index in [-0.39, 0.29) is 11.9 Å². The lowest BCUT2D eigenvalue weighted by Crippen LogP contribution is -2.27. The van der Waals surface area contributed by atoms with Crippen LogP contribution in [0.4, 0.5) is 0 Å². The third-order valence-corrected chi connectivity index (χ3v) is 7.17. The van der Waals surface area contributed by atoms with Crippen molar-refractivity contribution in [3.05, 3.63) is 70.8 Å². The molecule has 3 unspecified atom stereocenters. The Bertz CT molecular complexity index is 884. The Hall–Kier alpha value is -2.09. The summed E-state index contributed by atoms with van der Waals surface area (Å²) in [6.07, 6.45) is 5.23.